The van der Waals surface area contributed by atoms with Gasteiger partial charge in [-0.3, -0.25) is 0 Å². The Labute approximate surface area is 131 Å². The molecule has 0 radical (unpaired) electrons. The summed E-state index contributed by atoms with van der Waals surface area (Å²) in [5, 5.41) is 11.3. The first-order valence-electron chi connectivity index (χ1n) is 8.42. The first-order chi connectivity index (χ1) is 10.5. The largest absolute Gasteiger partial charge is 0.493 e. The molecule has 0 aromatic heterocycles. The lowest BCUT2D eigenvalue weighted by Crippen LogP contribution is -2.47. The van der Waals surface area contributed by atoms with Crippen molar-refractivity contribution in [3.63, 3.8) is 0 Å². The third-order valence-electron chi connectivity index (χ3n) is 5.75. The number of fused-ring (bicyclic) bond motifs is 2. The Kier molecular flexibility index (Phi) is 3.42. The van der Waals surface area contributed by atoms with Crippen LogP contribution in [0.4, 0.5) is 4.39 Å². The molecule has 4 rings (SSSR count). The highest BCUT2D eigenvalue weighted by molar-refractivity contribution is 5.39. The molecular formula is C18H24FNO2. The maximum atomic E-state index is 13.8. The summed E-state index contributed by atoms with van der Waals surface area (Å²) in [4.78, 5) is 2.37. The lowest BCUT2D eigenvalue weighted by molar-refractivity contribution is -0.0511. The van der Waals surface area contributed by atoms with Crippen LogP contribution in [-0.2, 0) is 5.60 Å². The highest BCUT2D eigenvalue weighted by atomic mass is 19.1. The summed E-state index contributed by atoms with van der Waals surface area (Å²) in [5.74, 6) is 1.01. The monoisotopic (exact) mass is 305 g/mol. The molecule has 0 spiro atoms. The zero-order valence-corrected chi connectivity index (χ0v) is 13.1. The fourth-order valence-electron chi connectivity index (χ4n) is 4.15. The number of ether oxygens (including phenoxy) is 1. The van der Waals surface area contributed by atoms with Crippen molar-refractivity contribution in [1.82, 2.24) is 4.90 Å². The van der Waals surface area contributed by atoms with E-state index in [-0.39, 0.29) is 5.82 Å². The molecule has 3 fully saturated rings. The fraction of sp³-hybridized carbons (Fsp3) is 0.667. The third kappa shape index (κ3) is 2.52. The van der Waals surface area contributed by atoms with Gasteiger partial charge in [-0.2, -0.15) is 0 Å². The Morgan fingerprint density at radius 3 is 2.55 bits per heavy atom. The van der Waals surface area contributed by atoms with Crippen LogP contribution in [0.15, 0.2) is 18.2 Å². The number of nitrogens with zero attached hydrogens (tertiary/aromatic N) is 1. The molecule has 2 atom stereocenters. The Morgan fingerprint density at radius 2 is 1.91 bits per heavy atom. The van der Waals surface area contributed by atoms with Crippen molar-refractivity contribution >= 4 is 0 Å². The molecule has 2 unspecified atom stereocenters. The molecule has 3 nitrogen and oxygen atoms in total. The van der Waals surface area contributed by atoms with Crippen LogP contribution >= 0.6 is 0 Å². The first-order valence-corrected chi connectivity index (χ1v) is 8.42. The van der Waals surface area contributed by atoms with Gasteiger partial charge >= 0.3 is 0 Å². The van der Waals surface area contributed by atoms with Crippen LogP contribution in [0.25, 0.3) is 0 Å². The highest BCUT2D eigenvalue weighted by Crippen LogP contribution is 2.47. The van der Waals surface area contributed by atoms with Crippen molar-refractivity contribution in [3.8, 4) is 5.75 Å². The Morgan fingerprint density at radius 1 is 1.23 bits per heavy atom. The van der Waals surface area contributed by atoms with Gasteiger partial charge in [-0.25, -0.2) is 4.39 Å². The van der Waals surface area contributed by atoms with Crippen LogP contribution < -0.4 is 4.74 Å². The lowest BCUT2D eigenvalue weighted by Gasteiger charge is -2.42. The number of rotatable bonds is 4. The van der Waals surface area contributed by atoms with Crippen LogP contribution in [0.5, 0.6) is 5.75 Å². The van der Waals surface area contributed by atoms with Crippen LogP contribution in [-0.4, -0.2) is 35.7 Å². The van der Waals surface area contributed by atoms with E-state index >= 15 is 0 Å². The zero-order chi connectivity index (χ0) is 15.3. The van der Waals surface area contributed by atoms with Crippen molar-refractivity contribution < 1.29 is 14.2 Å². The van der Waals surface area contributed by atoms with E-state index in [4.69, 9.17) is 4.74 Å². The molecular weight excluding hydrogens is 281 g/mol. The number of piperidine rings is 1. The molecule has 2 saturated heterocycles. The fourth-order valence-corrected chi connectivity index (χ4v) is 4.15. The van der Waals surface area contributed by atoms with E-state index in [0.717, 1.165) is 12.8 Å². The Hall–Kier alpha value is -1.13. The van der Waals surface area contributed by atoms with Crippen molar-refractivity contribution in [3.05, 3.63) is 29.6 Å². The van der Waals surface area contributed by atoms with Crippen LogP contribution in [0.3, 0.4) is 0 Å². The second-order valence-electron chi connectivity index (χ2n) is 7.39. The van der Waals surface area contributed by atoms with E-state index < -0.39 is 5.60 Å². The van der Waals surface area contributed by atoms with Crippen LogP contribution in [0.1, 0.15) is 44.1 Å². The van der Waals surface area contributed by atoms with Gasteiger partial charge in [0.25, 0.3) is 0 Å². The lowest BCUT2D eigenvalue weighted by atomic mass is 9.80. The summed E-state index contributed by atoms with van der Waals surface area (Å²) in [6.07, 6.45) is 6.02. The average Bonchev–Trinajstić information content (AvgIpc) is 3.28. The van der Waals surface area contributed by atoms with Crippen molar-refractivity contribution in [2.45, 2.75) is 56.2 Å². The summed E-state index contributed by atoms with van der Waals surface area (Å²) in [6.45, 7) is 0.682. The summed E-state index contributed by atoms with van der Waals surface area (Å²) in [6, 6.07) is 5.38. The standard InChI is InChI=1S/C18H24FNO2/c1-20-14-5-6-15(20)10-18(21,9-14)16-8-13(19)4-7-17(16)22-11-12-2-3-12/h4,7-8,12,14-15,21H,2-3,5-6,9-11H2,1H3. The van der Waals surface area contributed by atoms with Crippen LogP contribution in [0, 0.1) is 11.7 Å². The minimum atomic E-state index is -0.959. The van der Waals surface area contributed by atoms with Gasteiger partial charge in [-0.1, -0.05) is 0 Å². The summed E-state index contributed by atoms with van der Waals surface area (Å²) < 4.78 is 19.7. The van der Waals surface area contributed by atoms with E-state index in [1.54, 1.807) is 6.07 Å². The van der Waals surface area contributed by atoms with E-state index in [1.165, 1.54) is 25.0 Å². The zero-order valence-electron chi connectivity index (χ0n) is 13.1. The number of hydrogen-bond acceptors (Lipinski definition) is 3. The van der Waals surface area contributed by atoms with Gasteiger partial charge < -0.3 is 14.7 Å². The Balaban J connectivity index is 1.63. The van der Waals surface area contributed by atoms with Gasteiger partial charge in [0.15, 0.2) is 0 Å². The molecule has 1 aromatic carbocycles. The third-order valence-corrected chi connectivity index (χ3v) is 5.75. The second-order valence-corrected chi connectivity index (χ2v) is 7.39. The minimum absolute atomic E-state index is 0.298. The van der Waals surface area contributed by atoms with Gasteiger partial charge in [0.05, 0.1) is 12.2 Å². The number of hydrogen-bond donors (Lipinski definition) is 1. The summed E-state index contributed by atoms with van der Waals surface area (Å²) in [7, 11) is 2.14. The Bertz CT molecular complexity index is 558. The number of benzene rings is 1. The van der Waals surface area contributed by atoms with Gasteiger partial charge in [-0.15, -0.1) is 0 Å². The van der Waals surface area contributed by atoms with Gasteiger partial charge in [-0.05, 0) is 69.7 Å². The van der Waals surface area contributed by atoms with Crippen molar-refractivity contribution in [2.24, 2.45) is 5.92 Å². The molecule has 2 aliphatic heterocycles. The molecule has 120 valence electrons. The molecule has 1 N–H and O–H groups in total. The van der Waals surface area contributed by atoms with E-state index in [9.17, 15) is 9.50 Å². The molecule has 4 heteroatoms. The number of aliphatic hydroxyl groups is 1. The molecule has 1 aromatic rings. The molecule has 0 amide bonds. The maximum absolute atomic E-state index is 13.8. The predicted molar refractivity (Wildman–Crippen MR) is 82.3 cm³/mol. The molecule has 22 heavy (non-hydrogen) atoms. The normalized spacial score (nSPS) is 34.9. The summed E-state index contributed by atoms with van der Waals surface area (Å²) >= 11 is 0. The van der Waals surface area contributed by atoms with Crippen molar-refractivity contribution in [2.75, 3.05) is 13.7 Å². The predicted octanol–water partition coefficient (Wildman–Crippen LogP) is 3.06. The van der Waals surface area contributed by atoms with E-state index in [2.05, 4.69) is 11.9 Å². The molecule has 2 heterocycles. The smallest absolute Gasteiger partial charge is 0.125 e. The highest BCUT2D eigenvalue weighted by Gasteiger charge is 2.48. The van der Waals surface area contributed by atoms with Crippen molar-refractivity contribution in [1.29, 1.82) is 0 Å². The molecule has 1 saturated carbocycles. The topological polar surface area (TPSA) is 32.7 Å². The van der Waals surface area contributed by atoms with Gasteiger partial charge in [0.2, 0.25) is 0 Å². The van der Waals surface area contributed by atoms with Crippen LogP contribution in [0.2, 0.25) is 0 Å². The minimum Gasteiger partial charge on any atom is -0.493 e. The summed E-state index contributed by atoms with van der Waals surface area (Å²) in [5.41, 5.74) is -0.308. The van der Waals surface area contributed by atoms with E-state index in [1.807, 2.05) is 0 Å². The quantitative estimate of drug-likeness (QED) is 0.928. The molecule has 2 bridgehead atoms. The maximum Gasteiger partial charge on any atom is 0.125 e. The van der Waals surface area contributed by atoms with Gasteiger partial charge in [0, 0.05) is 17.6 Å². The SMILES string of the molecule is CN1C2CCC1CC(O)(c1cc(F)ccc1OCC1CC1)C2. The second kappa shape index (κ2) is 5.20. The van der Waals surface area contributed by atoms with E-state index in [0.29, 0.717) is 48.8 Å². The number of halogens is 1. The molecule has 3 aliphatic rings. The molecule has 1 aliphatic carbocycles. The van der Waals surface area contributed by atoms with Gasteiger partial charge in [0.1, 0.15) is 11.6 Å². The average molecular weight is 305 g/mol. The first kappa shape index (κ1) is 14.5.